The molecule has 2 saturated heterocycles. The van der Waals surface area contributed by atoms with E-state index in [0.717, 1.165) is 29.8 Å². The molecule has 4 N–H and O–H groups in total. The molecule has 11 heteroatoms. The predicted octanol–water partition coefficient (Wildman–Crippen LogP) is 2.90. The number of amides is 2. The van der Waals surface area contributed by atoms with Gasteiger partial charge in [0, 0.05) is 35.1 Å². The number of rotatable bonds is 5. The van der Waals surface area contributed by atoms with Gasteiger partial charge in [-0.25, -0.2) is 9.59 Å². The first kappa shape index (κ1) is 25.3. The second-order valence-corrected chi connectivity index (χ2v) is 8.97. The smallest absolute Gasteiger partial charge is 0.410 e. The van der Waals surface area contributed by atoms with Crippen LogP contribution < -0.4 is 11.1 Å². The molecular weight excluding hydrogens is 440 g/mol. The van der Waals surface area contributed by atoms with Gasteiger partial charge in [-0.15, -0.1) is 0 Å². The molecule has 1 aromatic carbocycles. The summed E-state index contributed by atoms with van der Waals surface area (Å²) in [4.78, 5) is 31.9. The van der Waals surface area contributed by atoms with Crippen molar-refractivity contribution in [1.82, 2.24) is 15.1 Å². The first-order valence-corrected chi connectivity index (χ1v) is 11.4. The maximum absolute atomic E-state index is 12.3. The highest BCUT2D eigenvalue weighted by Crippen LogP contribution is 2.26. The Balaban J connectivity index is 0.00000324. The number of carbonyl (C=O) groups excluding carboxylic acids is 2. The fourth-order valence-electron chi connectivity index (χ4n) is 4.01. The maximum atomic E-state index is 12.3. The third-order valence-corrected chi connectivity index (χ3v) is 5.73. The van der Waals surface area contributed by atoms with Crippen molar-refractivity contribution in [2.24, 2.45) is 10.7 Å². The number of amidine groups is 1. The summed E-state index contributed by atoms with van der Waals surface area (Å²) < 4.78 is 15.6. The van der Waals surface area contributed by atoms with Gasteiger partial charge in [-0.2, -0.15) is 4.99 Å². The fraction of sp³-hybridized carbons (Fsp3) is 0.565. The van der Waals surface area contributed by atoms with Crippen LogP contribution >= 0.6 is 0 Å². The molecule has 1 aromatic rings. The van der Waals surface area contributed by atoms with Crippen LogP contribution in [0, 0.1) is 19.3 Å². The SMILES string of the molecule is Cc1cc(CN2CCN(C(=O)OC(C)C)[C@@H](C)C2)c(C)c(N=C(N)OC(=N)[C@@H]2CNC(=O)O2)c1.[HH].[HH]. The lowest BCUT2D eigenvalue weighted by Crippen LogP contribution is -2.54. The Hall–Kier alpha value is -3.34. The van der Waals surface area contributed by atoms with E-state index in [1.807, 2.05) is 40.7 Å². The van der Waals surface area contributed by atoms with Crippen LogP contribution in [0.5, 0.6) is 0 Å². The Labute approximate surface area is 202 Å². The van der Waals surface area contributed by atoms with E-state index in [1.165, 1.54) is 0 Å². The zero-order valence-corrected chi connectivity index (χ0v) is 20.4. The molecule has 11 nitrogen and oxygen atoms in total. The number of aliphatic imine (C=N–C) groups is 1. The predicted molar refractivity (Wildman–Crippen MR) is 132 cm³/mol. The number of cyclic esters (lactones) is 1. The lowest BCUT2D eigenvalue weighted by atomic mass is 10.0. The molecule has 2 amide bonds. The van der Waals surface area contributed by atoms with Crippen molar-refractivity contribution in [3.63, 3.8) is 0 Å². The second kappa shape index (κ2) is 10.7. The number of nitrogens with two attached hydrogens (primary N) is 1. The topological polar surface area (TPSA) is 143 Å². The molecule has 0 spiro atoms. The van der Waals surface area contributed by atoms with Gasteiger partial charge in [0.05, 0.1) is 18.3 Å². The number of piperazine rings is 1. The Kier molecular flexibility index (Phi) is 7.98. The highest BCUT2D eigenvalue weighted by molar-refractivity contribution is 5.93. The lowest BCUT2D eigenvalue weighted by Gasteiger charge is -2.39. The Morgan fingerprint density at radius 1 is 1.38 bits per heavy atom. The molecule has 2 heterocycles. The van der Waals surface area contributed by atoms with Crippen LogP contribution in [0.1, 0.15) is 40.3 Å². The zero-order valence-electron chi connectivity index (χ0n) is 20.4. The van der Waals surface area contributed by atoms with E-state index in [9.17, 15) is 9.59 Å². The van der Waals surface area contributed by atoms with Gasteiger partial charge in [0.1, 0.15) is 0 Å². The molecule has 2 aliphatic heterocycles. The fourth-order valence-corrected chi connectivity index (χ4v) is 4.01. The van der Waals surface area contributed by atoms with E-state index < -0.39 is 12.2 Å². The zero-order chi connectivity index (χ0) is 25.0. The monoisotopic (exact) mass is 478 g/mol. The number of hydrogen-bond donors (Lipinski definition) is 3. The standard InChI is InChI=1S/C23H34N6O5.2H2/c1-13(2)32-23(31)29-7-6-28(11-15(29)4)12-17-8-14(3)9-18(16(17)5)27-21(25)34-20(24)19-10-26-22(30)33-19;;/h8-9,13,15,19,24H,6-7,10-12H2,1-5H3,(H2,25,27)(H,26,30);2*1H/t15-,19-;;/m0../s1. The highest BCUT2D eigenvalue weighted by Gasteiger charge is 2.30. The molecule has 2 aliphatic rings. The van der Waals surface area contributed by atoms with Crippen molar-refractivity contribution in [2.75, 3.05) is 26.2 Å². The molecule has 0 radical (unpaired) electrons. The van der Waals surface area contributed by atoms with Crippen LogP contribution in [0.25, 0.3) is 0 Å². The summed E-state index contributed by atoms with van der Waals surface area (Å²) in [5.41, 5.74) is 9.64. The van der Waals surface area contributed by atoms with Gasteiger partial charge in [-0.3, -0.25) is 10.3 Å². The average Bonchev–Trinajstić information content (AvgIpc) is 3.17. The number of nitrogens with zero attached hydrogens (tertiary/aromatic N) is 3. The molecule has 3 rings (SSSR count). The van der Waals surface area contributed by atoms with Crippen LogP contribution in [0.4, 0.5) is 15.3 Å². The molecule has 0 unspecified atom stereocenters. The summed E-state index contributed by atoms with van der Waals surface area (Å²) >= 11 is 0. The number of carbonyl (C=O) groups is 2. The van der Waals surface area contributed by atoms with Crippen molar-refractivity contribution in [3.8, 4) is 0 Å². The number of alkyl carbamates (subject to hydrolysis) is 1. The van der Waals surface area contributed by atoms with Crippen LogP contribution in [-0.2, 0) is 20.8 Å². The molecule has 0 saturated carbocycles. The average molecular weight is 479 g/mol. The molecule has 2 atom stereocenters. The van der Waals surface area contributed by atoms with E-state index in [1.54, 1.807) is 4.90 Å². The van der Waals surface area contributed by atoms with Crippen molar-refractivity contribution in [2.45, 2.75) is 59.4 Å². The van der Waals surface area contributed by atoms with Gasteiger partial charge < -0.3 is 30.2 Å². The second-order valence-electron chi connectivity index (χ2n) is 8.97. The largest absolute Gasteiger partial charge is 0.447 e. The lowest BCUT2D eigenvalue weighted by molar-refractivity contribution is 0.0349. The minimum absolute atomic E-state index is 0. The number of nitrogens with one attached hydrogen (secondary N) is 2. The molecule has 0 aliphatic carbocycles. The van der Waals surface area contributed by atoms with Gasteiger partial charge in [-0.05, 0) is 57.4 Å². The van der Waals surface area contributed by atoms with E-state index in [2.05, 4.69) is 21.3 Å². The molecule has 34 heavy (non-hydrogen) atoms. The molecule has 2 fully saturated rings. The van der Waals surface area contributed by atoms with Crippen molar-refractivity contribution in [3.05, 3.63) is 28.8 Å². The minimum Gasteiger partial charge on any atom is -0.447 e. The first-order valence-electron chi connectivity index (χ1n) is 11.4. The van der Waals surface area contributed by atoms with Crippen molar-refractivity contribution in [1.29, 1.82) is 5.41 Å². The molecule has 0 bridgehead atoms. The van der Waals surface area contributed by atoms with Crippen LogP contribution in [-0.4, -0.2) is 78.3 Å². The van der Waals surface area contributed by atoms with Gasteiger partial charge in [0.25, 0.3) is 6.02 Å². The van der Waals surface area contributed by atoms with E-state index in [-0.39, 0.29) is 39.6 Å². The van der Waals surface area contributed by atoms with Gasteiger partial charge in [-0.1, -0.05) is 6.07 Å². The number of aryl methyl sites for hydroxylation is 1. The van der Waals surface area contributed by atoms with Crippen molar-refractivity contribution < 1.29 is 26.7 Å². The maximum Gasteiger partial charge on any atom is 0.410 e. The molecule has 0 aromatic heterocycles. The summed E-state index contributed by atoms with van der Waals surface area (Å²) in [7, 11) is 0. The Morgan fingerprint density at radius 3 is 2.74 bits per heavy atom. The van der Waals surface area contributed by atoms with Crippen molar-refractivity contribution >= 4 is 29.8 Å². The van der Waals surface area contributed by atoms with Gasteiger partial charge in [0.2, 0.25) is 5.90 Å². The van der Waals surface area contributed by atoms with Gasteiger partial charge in [0.15, 0.2) is 6.10 Å². The minimum atomic E-state index is -0.825. The Bertz CT molecular complexity index is 990. The van der Waals surface area contributed by atoms with Crippen LogP contribution in [0.15, 0.2) is 17.1 Å². The van der Waals surface area contributed by atoms with Crippen LogP contribution in [0.2, 0.25) is 0 Å². The third-order valence-electron chi connectivity index (χ3n) is 5.73. The summed E-state index contributed by atoms with van der Waals surface area (Å²) in [6.45, 7) is 12.6. The summed E-state index contributed by atoms with van der Waals surface area (Å²) in [5.74, 6) is -0.284. The van der Waals surface area contributed by atoms with E-state index in [0.29, 0.717) is 18.8 Å². The summed E-state index contributed by atoms with van der Waals surface area (Å²) in [5, 5.41) is 10.4. The number of benzene rings is 1. The quantitative estimate of drug-likeness (QED) is 0.436. The number of ether oxygens (including phenoxy) is 3. The molecular formula is C23H38N6O5. The van der Waals surface area contributed by atoms with Crippen LogP contribution in [0.3, 0.4) is 0 Å². The highest BCUT2D eigenvalue weighted by atomic mass is 16.6. The summed E-state index contributed by atoms with van der Waals surface area (Å²) in [6, 6.07) is 3.86. The number of hydrogen-bond acceptors (Lipinski definition) is 8. The first-order chi connectivity index (χ1) is 16.0. The van der Waals surface area contributed by atoms with Gasteiger partial charge >= 0.3 is 12.2 Å². The third kappa shape index (κ3) is 6.37. The van der Waals surface area contributed by atoms with E-state index in [4.69, 9.17) is 25.4 Å². The molecule has 190 valence electrons. The Morgan fingerprint density at radius 2 is 2.12 bits per heavy atom. The van der Waals surface area contributed by atoms with E-state index >= 15 is 0 Å². The normalized spacial score (nSPS) is 21.3. The summed E-state index contributed by atoms with van der Waals surface area (Å²) in [6.07, 6.45) is -1.83.